The molecule has 110 valence electrons. The smallest absolute Gasteiger partial charge is 0.308 e. The molecule has 0 radical (unpaired) electrons. The molecule has 8 heteroatoms. The van der Waals surface area contributed by atoms with Gasteiger partial charge in [-0.15, -0.1) is 0 Å². The molecule has 1 N–H and O–H groups in total. The number of hydrogen-bond acceptors (Lipinski definition) is 6. The molecule has 7 nitrogen and oxygen atoms in total. The summed E-state index contributed by atoms with van der Waals surface area (Å²) in [6.07, 6.45) is -0.838. The van der Waals surface area contributed by atoms with Crippen LogP contribution in [0.1, 0.15) is 18.9 Å². The van der Waals surface area contributed by atoms with Crippen LogP contribution in [-0.2, 0) is 19.6 Å². The number of nitriles is 1. The second-order valence-electron chi connectivity index (χ2n) is 4.34. The first-order valence-electron chi connectivity index (χ1n) is 6.20. The van der Waals surface area contributed by atoms with Crippen LogP contribution in [0.5, 0.6) is 0 Å². The third-order valence-electron chi connectivity index (χ3n) is 2.74. The van der Waals surface area contributed by atoms with Gasteiger partial charge in [0.1, 0.15) is 11.9 Å². The highest BCUT2D eigenvalue weighted by atomic mass is 32.2. The van der Waals surface area contributed by atoms with E-state index in [0.29, 0.717) is 5.56 Å². The first kappa shape index (κ1) is 15.0. The summed E-state index contributed by atoms with van der Waals surface area (Å²) < 4.78 is 30.8. The Labute approximate surface area is 122 Å². The molecule has 0 bridgehead atoms. The van der Waals surface area contributed by atoms with Crippen LogP contribution < -0.4 is 4.72 Å². The zero-order valence-electron chi connectivity index (χ0n) is 11.2. The van der Waals surface area contributed by atoms with Gasteiger partial charge in [0, 0.05) is 5.56 Å². The fraction of sp³-hybridized carbons (Fsp3) is 0.308. The monoisotopic (exact) mass is 307 g/mol. The Bertz CT molecular complexity index is 734. The number of fused-ring (bicyclic) bond motifs is 1. The lowest BCUT2D eigenvalue weighted by molar-refractivity contribution is -0.145. The summed E-state index contributed by atoms with van der Waals surface area (Å²) in [7, 11) is -3.57. The fourth-order valence-corrected chi connectivity index (χ4v) is 3.04. The Kier molecular flexibility index (Phi) is 4.23. The molecule has 0 saturated carbocycles. The summed E-state index contributed by atoms with van der Waals surface area (Å²) in [5.74, 6) is -0.339. The molecule has 2 rings (SSSR count). The number of rotatable bonds is 4. The van der Waals surface area contributed by atoms with Gasteiger partial charge in [-0.05, 0) is 19.1 Å². The van der Waals surface area contributed by atoms with Gasteiger partial charge in [-0.25, -0.2) is 8.42 Å². The molecule has 1 aliphatic rings. The first-order chi connectivity index (χ1) is 9.94. The van der Waals surface area contributed by atoms with Crippen LogP contribution in [0.4, 0.5) is 0 Å². The van der Waals surface area contributed by atoms with E-state index in [9.17, 15) is 13.2 Å². The van der Waals surface area contributed by atoms with E-state index in [-0.39, 0.29) is 23.7 Å². The molecule has 0 unspecified atom stereocenters. The normalized spacial score (nSPS) is 18.4. The zero-order chi connectivity index (χ0) is 15.5. The van der Waals surface area contributed by atoms with Crippen molar-refractivity contribution in [3.63, 3.8) is 0 Å². The van der Waals surface area contributed by atoms with Gasteiger partial charge in [-0.1, -0.05) is 12.1 Å². The highest BCUT2D eigenvalue weighted by Crippen LogP contribution is 2.22. The van der Waals surface area contributed by atoms with Crippen LogP contribution in [-0.4, -0.2) is 32.9 Å². The summed E-state index contributed by atoms with van der Waals surface area (Å²) in [5, 5.41) is 8.52. The molecule has 1 heterocycles. The number of sulfonamides is 1. The molecular weight excluding hydrogens is 294 g/mol. The van der Waals surface area contributed by atoms with Gasteiger partial charge in [-0.3, -0.25) is 14.5 Å². The van der Waals surface area contributed by atoms with Crippen LogP contribution >= 0.6 is 0 Å². The van der Waals surface area contributed by atoms with Crippen molar-refractivity contribution < 1.29 is 17.9 Å². The fourth-order valence-electron chi connectivity index (χ4n) is 1.79. The number of ether oxygens (including phenoxy) is 1. The first-order valence-corrected chi connectivity index (χ1v) is 7.68. The molecule has 21 heavy (non-hydrogen) atoms. The largest absolute Gasteiger partial charge is 0.447 e. The summed E-state index contributed by atoms with van der Waals surface area (Å²) in [6, 6.07) is 8.25. The second kappa shape index (κ2) is 5.93. The molecule has 0 aliphatic carbocycles. The minimum absolute atomic E-state index is 0.0284. The number of carbonyl (C=O) groups excluding carboxylic acids is 1. The van der Waals surface area contributed by atoms with Crippen LogP contribution in [0.2, 0.25) is 0 Å². The van der Waals surface area contributed by atoms with Gasteiger partial charge in [0.25, 0.3) is 10.0 Å². The van der Waals surface area contributed by atoms with E-state index >= 15 is 0 Å². The summed E-state index contributed by atoms with van der Waals surface area (Å²) in [6.45, 7) is 1.54. The number of benzene rings is 1. The number of carbonyl (C=O) groups is 1. The average Bonchev–Trinajstić information content (AvgIpc) is 2.71. The summed E-state index contributed by atoms with van der Waals surface area (Å²) in [4.78, 5) is 15.6. The summed E-state index contributed by atoms with van der Waals surface area (Å²) in [5.41, 5.74) is 0.483. The molecule has 0 saturated heterocycles. The lowest BCUT2D eigenvalue weighted by Crippen LogP contribution is -2.22. The Morgan fingerprint density at radius 1 is 1.48 bits per heavy atom. The summed E-state index contributed by atoms with van der Waals surface area (Å²) >= 11 is 0. The minimum atomic E-state index is -3.57. The molecular formula is C13H13N3O4S. The van der Waals surface area contributed by atoms with E-state index in [1.165, 1.54) is 13.0 Å². The number of amidine groups is 1. The highest BCUT2D eigenvalue weighted by Gasteiger charge is 2.29. The van der Waals surface area contributed by atoms with E-state index in [4.69, 9.17) is 10.00 Å². The zero-order valence-corrected chi connectivity index (χ0v) is 12.1. The molecule has 1 aliphatic heterocycles. The van der Waals surface area contributed by atoms with Crippen molar-refractivity contribution in [2.75, 3.05) is 6.54 Å². The predicted molar refractivity (Wildman–Crippen MR) is 74.0 cm³/mol. The maximum Gasteiger partial charge on any atom is 0.308 e. The Morgan fingerprint density at radius 2 is 2.19 bits per heavy atom. The number of nitrogens with one attached hydrogen (secondary N) is 1. The van der Waals surface area contributed by atoms with Gasteiger partial charge in [0.15, 0.2) is 6.10 Å². The average molecular weight is 307 g/mol. The number of aliphatic imine (C=N–C) groups is 1. The van der Waals surface area contributed by atoms with Crippen molar-refractivity contribution in [3.8, 4) is 6.07 Å². The van der Waals surface area contributed by atoms with E-state index < -0.39 is 22.1 Å². The lowest BCUT2D eigenvalue weighted by atomic mass is 10.2. The van der Waals surface area contributed by atoms with Crippen LogP contribution in [0.25, 0.3) is 0 Å². The maximum absolute atomic E-state index is 11.8. The Balaban J connectivity index is 2.05. The molecule has 1 aromatic carbocycles. The molecule has 1 aromatic rings. The second-order valence-corrected chi connectivity index (χ2v) is 5.99. The number of hydrogen-bond donors (Lipinski definition) is 1. The van der Waals surface area contributed by atoms with Gasteiger partial charge < -0.3 is 4.74 Å². The van der Waals surface area contributed by atoms with Crippen molar-refractivity contribution in [1.82, 2.24) is 4.72 Å². The van der Waals surface area contributed by atoms with E-state index in [2.05, 4.69) is 9.71 Å². The van der Waals surface area contributed by atoms with Crippen molar-refractivity contribution >= 4 is 21.8 Å². The Hall–Kier alpha value is -2.40. The van der Waals surface area contributed by atoms with Gasteiger partial charge in [0.05, 0.1) is 17.9 Å². The quantitative estimate of drug-likeness (QED) is 0.818. The maximum atomic E-state index is 11.8. The van der Waals surface area contributed by atoms with E-state index in [1.807, 2.05) is 0 Å². The third-order valence-corrected chi connectivity index (χ3v) is 4.14. The predicted octanol–water partition coefficient (Wildman–Crippen LogP) is 0.570. The molecule has 1 atom stereocenters. The van der Waals surface area contributed by atoms with Crippen molar-refractivity contribution in [2.24, 2.45) is 4.99 Å². The Morgan fingerprint density at radius 3 is 2.90 bits per heavy atom. The number of nitrogens with zero attached hydrogens (tertiary/aromatic N) is 2. The lowest BCUT2D eigenvalue weighted by Gasteiger charge is -2.04. The van der Waals surface area contributed by atoms with Crippen molar-refractivity contribution in [3.05, 3.63) is 29.8 Å². The SMILES string of the molecule is C[C@H](C#N)OC(=O)CCN=C1NS(=O)(=O)c2ccccc21. The van der Waals surface area contributed by atoms with Gasteiger partial charge >= 0.3 is 5.97 Å². The molecule has 0 amide bonds. The van der Waals surface area contributed by atoms with Gasteiger partial charge in [-0.2, -0.15) is 5.26 Å². The molecule has 0 fully saturated rings. The van der Waals surface area contributed by atoms with Crippen LogP contribution in [0.3, 0.4) is 0 Å². The topological polar surface area (TPSA) is 109 Å². The van der Waals surface area contributed by atoms with Crippen molar-refractivity contribution in [2.45, 2.75) is 24.3 Å². The van der Waals surface area contributed by atoms with Crippen LogP contribution in [0.15, 0.2) is 34.2 Å². The van der Waals surface area contributed by atoms with Gasteiger partial charge in [0.2, 0.25) is 0 Å². The van der Waals surface area contributed by atoms with E-state index in [0.717, 1.165) is 0 Å². The van der Waals surface area contributed by atoms with E-state index in [1.54, 1.807) is 24.3 Å². The van der Waals surface area contributed by atoms with Crippen molar-refractivity contribution in [1.29, 1.82) is 5.26 Å². The molecule has 0 aromatic heterocycles. The standard InChI is InChI=1S/C13H13N3O4S/c1-9(8-14)20-12(17)6-7-15-13-10-4-2-3-5-11(10)21(18,19)16-13/h2-5,9H,6-7H2,1H3,(H,15,16)/t9-/m1/s1. The van der Waals surface area contributed by atoms with Crippen LogP contribution in [0, 0.1) is 11.3 Å². The minimum Gasteiger partial charge on any atom is -0.447 e. The highest BCUT2D eigenvalue weighted by molar-refractivity contribution is 7.90. The number of esters is 1. The molecule has 0 spiro atoms. The third kappa shape index (κ3) is 3.38.